The van der Waals surface area contributed by atoms with Crippen LogP contribution in [0.4, 0.5) is 11.6 Å². The molecule has 0 saturated carbocycles. The molecule has 1 aromatic carbocycles. The van der Waals surface area contributed by atoms with Gasteiger partial charge in [-0.2, -0.15) is 0 Å². The molecule has 0 radical (unpaired) electrons. The van der Waals surface area contributed by atoms with Gasteiger partial charge in [0.15, 0.2) is 0 Å². The van der Waals surface area contributed by atoms with Gasteiger partial charge in [-0.05, 0) is 37.6 Å². The van der Waals surface area contributed by atoms with Crippen molar-refractivity contribution in [3.63, 3.8) is 0 Å². The van der Waals surface area contributed by atoms with Crippen LogP contribution in [0.5, 0.6) is 5.75 Å². The third-order valence-electron chi connectivity index (χ3n) is 2.29. The highest BCUT2D eigenvalue weighted by atomic mass is 16.5. The highest BCUT2D eigenvalue weighted by molar-refractivity contribution is 5.54. The van der Waals surface area contributed by atoms with Crippen LogP contribution in [0.1, 0.15) is 19.0 Å². The third-order valence-corrected chi connectivity index (χ3v) is 2.29. The minimum absolute atomic E-state index is 0.754. The van der Waals surface area contributed by atoms with Crippen molar-refractivity contribution in [2.45, 2.75) is 20.3 Å². The number of H-pyrrole nitrogens is 1. The van der Waals surface area contributed by atoms with Gasteiger partial charge in [0.2, 0.25) is 5.95 Å². The number of aromatic amines is 1. The molecule has 2 N–H and O–H groups in total. The van der Waals surface area contributed by atoms with Gasteiger partial charge in [0.1, 0.15) is 5.75 Å². The molecule has 4 heteroatoms. The van der Waals surface area contributed by atoms with Crippen LogP contribution in [-0.2, 0) is 0 Å². The summed E-state index contributed by atoms with van der Waals surface area (Å²) in [6.45, 7) is 4.82. The van der Waals surface area contributed by atoms with E-state index in [1.54, 1.807) is 6.20 Å². The van der Waals surface area contributed by atoms with Crippen molar-refractivity contribution in [2.75, 3.05) is 11.9 Å². The fraction of sp³-hybridized carbons (Fsp3) is 0.308. The van der Waals surface area contributed by atoms with Crippen LogP contribution in [0.2, 0.25) is 0 Å². The van der Waals surface area contributed by atoms with E-state index in [0.29, 0.717) is 0 Å². The first-order chi connectivity index (χ1) is 8.28. The Kier molecular flexibility index (Phi) is 3.65. The smallest absolute Gasteiger partial charge is 0.204 e. The predicted molar refractivity (Wildman–Crippen MR) is 68.8 cm³/mol. The summed E-state index contributed by atoms with van der Waals surface area (Å²) in [5.74, 6) is 1.65. The molecule has 2 rings (SSSR count). The lowest BCUT2D eigenvalue weighted by Crippen LogP contribution is -1.96. The van der Waals surface area contributed by atoms with Crippen molar-refractivity contribution in [3.8, 4) is 5.75 Å². The van der Waals surface area contributed by atoms with E-state index in [4.69, 9.17) is 4.74 Å². The van der Waals surface area contributed by atoms with Gasteiger partial charge >= 0.3 is 0 Å². The maximum Gasteiger partial charge on any atom is 0.204 e. The molecule has 0 aliphatic heterocycles. The molecule has 0 saturated heterocycles. The molecule has 2 aromatic rings. The SMILES string of the molecule is CCCOc1ccc(Nc2ncc(C)[nH]2)cc1. The highest BCUT2D eigenvalue weighted by Gasteiger charge is 1.98. The number of benzene rings is 1. The average Bonchev–Trinajstić information content (AvgIpc) is 2.74. The summed E-state index contributed by atoms with van der Waals surface area (Å²) in [5.41, 5.74) is 2.03. The Bertz CT molecular complexity index is 462. The second-order valence-electron chi connectivity index (χ2n) is 3.91. The van der Waals surface area contributed by atoms with Crippen LogP contribution in [0.15, 0.2) is 30.5 Å². The minimum Gasteiger partial charge on any atom is -0.494 e. The number of hydrogen-bond acceptors (Lipinski definition) is 3. The van der Waals surface area contributed by atoms with Crippen LogP contribution in [0.25, 0.3) is 0 Å². The number of rotatable bonds is 5. The Morgan fingerprint density at radius 1 is 1.29 bits per heavy atom. The number of aryl methyl sites for hydroxylation is 1. The maximum atomic E-state index is 5.51. The molecular weight excluding hydrogens is 214 g/mol. The molecule has 0 aliphatic rings. The second kappa shape index (κ2) is 5.39. The molecule has 1 aromatic heterocycles. The van der Waals surface area contributed by atoms with Crippen molar-refractivity contribution < 1.29 is 4.74 Å². The maximum absolute atomic E-state index is 5.51. The van der Waals surface area contributed by atoms with Gasteiger partial charge in [-0.25, -0.2) is 4.98 Å². The normalized spacial score (nSPS) is 10.2. The molecular formula is C13H17N3O. The predicted octanol–water partition coefficient (Wildman–Crippen LogP) is 3.25. The van der Waals surface area contributed by atoms with E-state index >= 15 is 0 Å². The number of ether oxygens (including phenoxy) is 1. The summed E-state index contributed by atoms with van der Waals surface area (Å²) in [7, 11) is 0. The summed E-state index contributed by atoms with van der Waals surface area (Å²) < 4.78 is 5.51. The number of hydrogen-bond donors (Lipinski definition) is 2. The van der Waals surface area contributed by atoms with Crippen LogP contribution >= 0.6 is 0 Å². The summed E-state index contributed by atoms with van der Waals surface area (Å²) in [4.78, 5) is 7.31. The van der Waals surface area contributed by atoms with E-state index in [-0.39, 0.29) is 0 Å². The quantitative estimate of drug-likeness (QED) is 0.830. The summed E-state index contributed by atoms with van der Waals surface area (Å²) >= 11 is 0. The lowest BCUT2D eigenvalue weighted by Gasteiger charge is -2.06. The molecule has 17 heavy (non-hydrogen) atoms. The zero-order valence-electron chi connectivity index (χ0n) is 10.2. The molecule has 0 unspecified atom stereocenters. The van der Waals surface area contributed by atoms with Gasteiger partial charge in [0.25, 0.3) is 0 Å². The van der Waals surface area contributed by atoms with E-state index in [2.05, 4.69) is 22.2 Å². The summed E-state index contributed by atoms with van der Waals surface area (Å²) in [6, 6.07) is 7.85. The number of aromatic nitrogens is 2. The fourth-order valence-electron chi connectivity index (χ4n) is 1.47. The van der Waals surface area contributed by atoms with Crippen LogP contribution in [0.3, 0.4) is 0 Å². The molecule has 0 fully saturated rings. The van der Waals surface area contributed by atoms with Gasteiger partial charge < -0.3 is 15.0 Å². The Morgan fingerprint density at radius 2 is 2.06 bits per heavy atom. The number of anilines is 2. The third kappa shape index (κ3) is 3.24. The van der Waals surface area contributed by atoms with Crippen molar-refractivity contribution in [1.82, 2.24) is 9.97 Å². The standard InChI is InChI=1S/C13H17N3O/c1-3-8-17-12-6-4-11(5-7-12)16-13-14-9-10(2)15-13/h4-7,9H,3,8H2,1-2H3,(H2,14,15,16). The van der Waals surface area contributed by atoms with Gasteiger partial charge in [0, 0.05) is 17.6 Å². The molecule has 1 heterocycles. The Balaban J connectivity index is 1.98. The van der Waals surface area contributed by atoms with Crippen molar-refractivity contribution >= 4 is 11.6 Å². The van der Waals surface area contributed by atoms with Crippen LogP contribution in [0, 0.1) is 6.92 Å². The van der Waals surface area contributed by atoms with E-state index in [0.717, 1.165) is 36.1 Å². The Hall–Kier alpha value is -1.97. The van der Waals surface area contributed by atoms with Gasteiger partial charge in [-0.1, -0.05) is 6.92 Å². The first-order valence-electron chi connectivity index (χ1n) is 5.79. The molecule has 90 valence electrons. The number of nitrogens with zero attached hydrogens (tertiary/aromatic N) is 1. The van der Waals surface area contributed by atoms with Crippen LogP contribution < -0.4 is 10.1 Å². The first kappa shape index (κ1) is 11.5. The average molecular weight is 231 g/mol. The summed E-state index contributed by atoms with van der Waals surface area (Å²) in [6.07, 6.45) is 2.81. The van der Waals surface area contributed by atoms with Gasteiger partial charge in [-0.15, -0.1) is 0 Å². The second-order valence-corrected chi connectivity index (χ2v) is 3.91. The summed E-state index contributed by atoms with van der Waals surface area (Å²) in [5, 5.41) is 3.19. The fourth-order valence-corrected chi connectivity index (χ4v) is 1.47. The first-order valence-corrected chi connectivity index (χ1v) is 5.79. The lowest BCUT2D eigenvalue weighted by molar-refractivity contribution is 0.317. The van der Waals surface area contributed by atoms with E-state index in [1.807, 2.05) is 31.2 Å². The number of imidazole rings is 1. The Labute approximate surface area is 101 Å². The minimum atomic E-state index is 0.754. The largest absolute Gasteiger partial charge is 0.494 e. The van der Waals surface area contributed by atoms with Crippen molar-refractivity contribution in [2.24, 2.45) is 0 Å². The topological polar surface area (TPSA) is 49.9 Å². The number of nitrogens with one attached hydrogen (secondary N) is 2. The van der Waals surface area contributed by atoms with E-state index < -0.39 is 0 Å². The van der Waals surface area contributed by atoms with E-state index in [1.165, 1.54) is 0 Å². The molecule has 0 bridgehead atoms. The molecule has 0 spiro atoms. The van der Waals surface area contributed by atoms with Gasteiger partial charge in [-0.3, -0.25) is 0 Å². The highest BCUT2D eigenvalue weighted by Crippen LogP contribution is 2.18. The molecule has 4 nitrogen and oxygen atoms in total. The monoisotopic (exact) mass is 231 g/mol. The zero-order valence-corrected chi connectivity index (χ0v) is 10.2. The molecule has 0 amide bonds. The van der Waals surface area contributed by atoms with Crippen LogP contribution in [-0.4, -0.2) is 16.6 Å². The van der Waals surface area contributed by atoms with Crippen molar-refractivity contribution in [1.29, 1.82) is 0 Å². The van der Waals surface area contributed by atoms with Crippen molar-refractivity contribution in [3.05, 3.63) is 36.2 Å². The van der Waals surface area contributed by atoms with E-state index in [9.17, 15) is 0 Å². The van der Waals surface area contributed by atoms with Gasteiger partial charge in [0.05, 0.1) is 6.61 Å². The lowest BCUT2D eigenvalue weighted by atomic mass is 10.3. The molecule has 0 atom stereocenters. The zero-order chi connectivity index (χ0) is 12.1. The molecule has 0 aliphatic carbocycles. The Morgan fingerprint density at radius 3 is 2.65 bits per heavy atom.